The number of hydrogen-bond donors (Lipinski definition) is 1. The van der Waals surface area contributed by atoms with Crippen LogP contribution in [0.15, 0.2) is 45.9 Å². The number of hydrogen-bond acceptors (Lipinski definition) is 5. The molecule has 1 aromatic heterocycles. The molecule has 1 aliphatic heterocycles. The Morgan fingerprint density at radius 3 is 2.55 bits per heavy atom. The average Bonchev–Trinajstić information content (AvgIpc) is 3.31. The number of benzene rings is 1. The summed E-state index contributed by atoms with van der Waals surface area (Å²) in [6.45, 7) is 0.141. The van der Waals surface area contributed by atoms with E-state index >= 15 is 0 Å². The standard InChI is InChI=1S/C17H14F4N2O5S/c18-10-5-6-14(11(9-10)17(19,20)21)29(26,27)22-15(24)12-3-1-7-23(12)16(25)13-4-2-8-28-13/h2,4-6,8-9,12H,1,3,7H2,(H,22,24). The van der Waals surface area contributed by atoms with Gasteiger partial charge in [-0.25, -0.2) is 17.5 Å². The van der Waals surface area contributed by atoms with Crippen LogP contribution in [0.25, 0.3) is 0 Å². The maximum atomic E-state index is 13.2. The molecule has 0 aliphatic carbocycles. The molecule has 1 unspecified atom stereocenters. The van der Waals surface area contributed by atoms with Crippen molar-refractivity contribution in [3.05, 3.63) is 53.7 Å². The Balaban J connectivity index is 1.86. The third kappa shape index (κ3) is 4.26. The number of sulfonamides is 1. The highest BCUT2D eigenvalue weighted by Crippen LogP contribution is 2.34. The topological polar surface area (TPSA) is 96.7 Å². The van der Waals surface area contributed by atoms with Gasteiger partial charge >= 0.3 is 6.18 Å². The van der Waals surface area contributed by atoms with Crippen molar-refractivity contribution in [1.29, 1.82) is 0 Å². The van der Waals surface area contributed by atoms with Gasteiger partial charge in [0.2, 0.25) is 0 Å². The number of alkyl halides is 3. The molecule has 1 aromatic carbocycles. The molecule has 3 rings (SSSR count). The van der Waals surface area contributed by atoms with Crippen molar-refractivity contribution in [2.24, 2.45) is 0 Å². The van der Waals surface area contributed by atoms with E-state index < -0.39 is 50.3 Å². The fourth-order valence-electron chi connectivity index (χ4n) is 3.04. The van der Waals surface area contributed by atoms with Crippen LogP contribution in [0.1, 0.15) is 29.0 Å². The Morgan fingerprint density at radius 2 is 1.93 bits per heavy atom. The molecule has 2 aromatic rings. The highest BCUT2D eigenvalue weighted by molar-refractivity contribution is 7.90. The maximum absolute atomic E-state index is 13.2. The Morgan fingerprint density at radius 1 is 1.21 bits per heavy atom. The Bertz CT molecular complexity index is 1030. The number of nitrogens with zero attached hydrogens (tertiary/aromatic N) is 1. The Kier molecular flexibility index (Phi) is 5.39. The zero-order valence-electron chi connectivity index (χ0n) is 14.6. The molecule has 0 radical (unpaired) electrons. The first-order chi connectivity index (χ1) is 13.5. The molecule has 156 valence electrons. The lowest BCUT2D eigenvalue weighted by Gasteiger charge is -2.23. The Hall–Kier alpha value is -2.89. The second-order valence-electron chi connectivity index (χ2n) is 6.24. The van der Waals surface area contributed by atoms with Crippen LogP contribution in [0.2, 0.25) is 0 Å². The second-order valence-corrected chi connectivity index (χ2v) is 7.89. The number of amides is 2. The lowest BCUT2D eigenvalue weighted by Crippen LogP contribution is -2.47. The van der Waals surface area contributed by atoms with Crippen molar-refractivity contribution in [2.75, 3.05) is 6.54 Å². The number of halogens is 4. The number of carbonyl (C=O) groups excluding carboxylic acids is 2. The van der Waals surface area contributed by atoms with Crippen molar-refractivity contribution < 1.29 is 40.0 Å². The fourth-order valence-corrected chi connectivity index (χ4v) is 4.26. The molecule has 1 N–H and O–H groups in total. The second kappa shape index (κ2) is 7.50. The van der Waals surface area contributed by atoms with E-state index in [1.54, 1.807) is 4.72 Å². The normalized spacial score (nSPS) is 17.4. The average molecular weight is 434 g/mol. The van der Waals surface area contributed by atoms with Crippen molar-refractivity contribution >= 4 is 21.8 Å². The fraction of sp³-hybridized carbons (Fsp3) is 0.294. The highest BCUT2D eigenvalue weighted by atomic mass is 32.2. The van der Waals surface area contributed by atoms with Gasteiger partial charge in [0, 0.05) is 6.54 Å². The van der Waals surface area contributed by atoms with Crippen LogP contribution in [-0.2, 0) is 21.0 Å². The molecule has 0 bridgehead atoms. The van der Waals surface area contributed by atoms with E-state index in [1.807, 2.05) is 0 Å². The Labute approximate surface area is 162 Å². The minimum Gasteiger partial charge on any atom is -0.459 e. The molecule has 1 atom stereocenters. The van der Waals surface area contributed by atoms with Gasteiger partial charge in [-0.15, -0.1) is 0 Å². The van der Waals surface area contributed by atoms with Gasteiger partial charge in [0.25, 0.3) is 21.8 Å². The predicted octanol–water partition coefficient (Wildman–Crippen LogP) is 2.55. The zero-order chi connectivity index (χ0) is 21.4. The summed E-state index contributed by atoms with van der Waals surface area (Å²) in [7, 11) is -4.98. The molecular formula is C17H14F4N2O5S. The van der Waals surface area contributed by atoms with E-state index in [0.717, 1.165) is 4.90 Å². The SMILES string of the molecule is O=C(NS(=O)(=O)c1ccc(F)cc1C(F)(F)F)C1CCCN1C(=O)c1ccco1. The van der Waals surface area contributed by atoms with E-state index in [2.05, 4.69) is 0 Å². The summed E-state index contributed by atoms with van der Waals surface area (Å²) < 4.78 is 83.9. The number of carbonyl (C=O) groups is 2. The molecule has 7 nitrogen and oxygen atoms in total. The lowest BCUT2D eigenvalue weighted by molar-refractivity contribution is -0.140. The van der Waals surface area contributed by atoms with E-state index in [1.165, 1.54) is 18.4 Å². The molecule has 0 saturated carbocycles. The van der Waals surface area contributed by atoms with Crippen LogP contribution in [0, 0.1) is 5.82 Å². The van der Waals surface area contributed by atoms with Gasteiger partial charge in [0.05, 0.1) is 16.7 Å². The van der Waals surface area contributed by atoms with Gasteiger partial charge < -0.3 is 9.32 Å². The highest BCUT2D eigenvalue weighted by Gasteiger charge is 2.41. The first-order valence-electron chi connectivity index (χ1n) is 8.28. The summed E-state index contributed by atoms with van der Waals surface area (Å²) in [6.07, 6.45) is -3.42. The predicted molar refractivity (Wildman–Crippen MR) is 89.5 cm³/mol. The summed E-state index contributed by atoms with van der Waals surface area (Å²) in [5.74, 6) is -3.17. The number of rotatable bonds is 4. The first-order valence-corrected chi connectivity index (χ1v) is 9.77. The van der Waals surface area contributed by atoms with E-state index in [4.69, 9.17) is 4.42 Å². The summed E-state index contributed by atoms with van der Waals surface area (Å²) in [4.78, 5) is 24.7. The van der Waals surface area contributed by atoms with E-state index in [9.17, 15) is 35.6 Å². The number of likely N-dealkylation sites (tertiary alicyclic amines) is 1. The van der Waals surface area contributed by atoms with Gasteiger partial charge in [0.1, 0.15) is 11.9 Å². The van der Waals surface area contributed by atoms with Gasteiger partial charge in [-0.05, 0) is 43.2 Å². The molecule has 2 amide bonds. The number of furan rings is 1. The molecule has 29 heavy (non-hydrogen) atoms. The lowest BCUT2D eigenvalue weighted by atomic mass is 10.2. The quantitative estimate of drug-likeness (QED) is 0.746. The monoisotopic (exact) mass is 434 g/mol. The van der Waals surface area contributed by atoms with Gasteiger partial charge in [0.15, 0.2) is 5.76 Å². The largest absolute Gasteiger partial charge is 0.459 e. The third-order valence-corrected chi connectivity index (χ3v) is 5.72. The van der Waals surface area contributed by atoms with Crippen molar-refractivity contribution in [3.63, 3.8) is 0 Å². The number of nitrogens with one attached hydrogen (secondary N) is 1. The third-order valence-electron chi connectivity index (χ3n) is 4.32. The van der Waals surface area contributed by atoms with Crippen LogP contribution < -0.4 is 4.72 Å². The van der Waals surface area contributed by atoms with E-state index in [0.29, 0.717) is 18.6 Å². The van der Waals surface area contributed by atoms with Crippen molar-refractivity contribution in [2.45, 2.75) is 30.0 Å². The minimum atomic E-state index is -5.16. The van der Waals surface area contributed by atoms with Crippen LogP contribution >= 0.6 is 0 Å². The summed E-state index contributed by atoms with van der Waals surface area (Å²) in [5.41, 5.74) is -1.74. The molecule has 1 aliphatic rings. The summed E-state index contributed by atoms with van der Waals surface area (Å²) in [6, 6.07) is 2.60. The van der Waals surface area contributed by atoms with Crippen LogP contribution in [0.4, 0.5) is 17.6 Å². The van der Waals surface area contributed by atoms with Gasteiger partial charge in [-0.3, -0.25) is 9.59 Å². The smallest absolute Gasteiger partial charge is 0.417 e. The molecular weight excluding hydrogens is 420 g/mol. The minimum absolute atomic E-state index is 0.0291. The van der Waals surface area contributed by atoms with Gasteiger partial charge in [-0.1, -0.05) is 0 Å². The van der Waals surface area contributed by atoms with Crippen molar-refractivity contribution in [1.82, 2.24) is 9.62 Å². The summed E-state index contributed by atoms with van der Waals surface area (Å²) >= 11 is 0. The molecule has 12 heteroatoms. The van der Waals surface area contributed by atoms with Crippen LogP contribution in [0.5, 0.6) is 0 Å². The van der Waals surface area contributed by atoms with Gasteiger partial charge in [-0.2, -0.15) is 13.2 Å². The maximum Gasteiger partial charge on any atom is 0.417 e. The summed E-state index contributed by atoms with van der Waals surface area (Å²) in [5, 5.41) is 0. The molecule has 1 fully saturated rings. The zero-order valence-corrected chi connectivity index (χ0v) is 15.4. The molecule has 0 spiro atoms. The molecule has 1 saturated heterocycles. The van der Waals surface area contributed by atoms with Crippen LogP contribution in [0.3, 0.4) is 0 Å². The first kappa shape index (κ1) is 20.8. The van der Waals surface area contributed by atoms with Crippen molar-refractivity contribution in [3.8, 4) is 0 Å². The van der Waals surface area contributed by atoms with E-state index in [-0.39, 0.29) is 24.8 Å². The molecule has 2 heterocycles. The van der Waals surface area contributed by atoms with Crippen LogP contribution in [-0.4, -0.2) is 37.7 Å².